The SMILES string of the molecule is CC1(C)Cc2ccc3c(c2O1)OCC[C@H]3N. The Balaban J connectivity index is 2.11. The summed E-state index contributed by atoms with van der Waals surface area (Å²) in [5.41, 5.74) is 8.27. The van der Waals surface area contributed by atoms with Gasteiger partial charge in [0.25, 0.3) is 0 Å². The van der Waals surface area contributed by atoms with Gasteiger partial charge < -0.3 is 15.2 Å². The fraction of sp³-hybridized carbons (Fsp3) is 0.538. The van der Waals surface area contributed by atoms with Gasteiger partial charge in [-0.25, -0.2) is 0 Å². The lowest BCUT2D eigenvalue weighted by Gasteiger charge is -2.25. The fourth-order valence-corrected chi connectivity index (χ4v) is 2.53. The molecule has 2 N–H and O–H groups in total. The van der Waals surface area contributed by atoms with E-state index < -0.39 is 0 Å². The second-order valence-corrected chi connectivity index (χ2v) is 5.25. The van der Waals surface area contributed by atoms with Gasteiger partial charge in [-0.15, -0.1) is 0 Å². The van der Waals surface area contributed by atoms with Gasteiger partial charge >= 0.3 is 0 Å². The zero-order valence-electron chi connectivity index (χ0n) is 9.75. The summed E-state index contributed by atoms with van der Waals surface area (Å²) in [4.78, 5) is 0. The molecule has 2 aliphatic heterocycles. The van der Waals surface area contributed by atoms with Crippen LogP contribution in [0.1, 0.15) is 37.4 Å². The Morgan fingerprint density at radius 2 is 2.12 bits per heavy atom. The molecule has 0 saturated heterocycles. The number of rotatable bonds is 0. The lowest BCUT2D eigenvalue weighted by atomic mass is 9.96. The van der Waals surface area contributed by atoms with Gasteiger partial charge in [-0.05, 0) is 13.8 Å². The summed E-state index contributed by atoms with van der Waals surface area (Å²) in [5.74, 6) is 1.79. The van der Waals surface area contributed by atoms with Gasteiger partial charge in [0.15, 0.2) is 11.5 Å². The Morgan fingerprint density at radius 1 is 1.31 bits per heavy atom. The van der Waals surface area contributed by atoms with Crippen molar-refractivity contribution < 1.29 is 9.47 Å². The highest BCUT2D eigenvalue weighted by atomic mass is 16.5. The molecule has 86 valence electrons. The van der Waals surface area contributed by atoms with E-state index in [2.05, 4.69) is 26.0 Å². The molecule has 1 atom stereocenters. The fourth-order valence-electron chi connectivity index (χ4n) is 2.53. The van der Waals surface area contributed by atoms with Crippen molar-refractivity contribution in [1.82, 2.24) is 0 Å². The van der Waals surface area contributed by atoms with E-state index in [9.17, 15) is 0 Å². The second kappa shape index (κ2) is 3.14. The van der Waals surface area contributed by atoms with Crippen LogP contribution < -0.4 is 15.2 Å². The molecular weight excluding hydrogens is 202 g/mol. The summed E-state index contributed by atoms with van der Waals surface area (Å²) in [7, 11) is 0. The van der Waals surface area contributed by atoms with Crippen LogP contribution in [0.4, 0.5) is 0 Å². The average Bonchev–Trinajstić information content (AvgIpc) is 2.53. The van der Waals surface area contributed by atoms with Gasteiger partial charge in [-0.3, -0.25) is 0 Å². The van der Waals surface area contributed by atoms with Crippen molar-refractivity contribution in [3.8, 4) is 11.5 Å². The van der Waals surface area contributed by atoms with Gasteiger partial charge in [0, 0.05) is 30.0 Å². The molecule has 1 aromatic rings. The zero-order chi connectivity index (χ0) is 11.3. The van der Waals surface area contributed by atoms with Gasteiger partial charge in [-0.2, -0.15) is 0 Å². The van der Waals surface area contributed by atoms with E-state index in [0.29, 0.717) is 6.61 Å². The van der Waals surface area contributed by atoms with Crippen LogP contribution >= 0.6 is 0 Å². The van der Waals surface area contributed by atoms with E-state index in [1.165, 1.54) is 5.56 Å². The van der Waals surface area contributed by atoms with Crippen LogP contribution in [-0.4, -0.2) is 12.2 Å². The Kier molecular flexibility index (Phi) is 1.96. The number of hydrogen-bond acceptors (Lipinski definition) is 3. The summed E-state index contributed by atoms with van der Waals surface area (Å²) >= 11 is 0. The maximum atomic E-state index is 6.07. The summed E-state index contributed by atoms with van der Waals surface area (Å²) in [6.07, 6.45) is 1.82. The first-order valence-corrected chi connectivity index (χ1v) is 5.80. The molecule has 0 fully saturated rings. The molecule has 1 aromatic carbocycles. The predicted octanol–water partition coefficient (Wildman–Crippen LogP) is 2.18. The van der Waals surface area contributed by atoms with Crippen molar-refractivity contribution >= 4 is 0 Å². The van der Waals surface area contributed by atoms with E-state index >= 15 is 0 Å². The summed E-state index contributed by atoms with van der Waals surface area (Å²) in [6.45, 7) is 4.89. The minimum atomic E-state index is -0.123. The van der Waals surface area contributed by atoms with Crippen molar-refractivity contribution in [3.05, 3.63) is 23.3 Å². The Morgan fingerprint density at radius 3 is 2.94 bits per heavy atom. The summed E-state index contributed by atoms with van der Waals surface area (Å²) in [5, 5.41) is 0. The molecule has 0 unspecified atom stereocenters. The maximum Gasteiger partial charge on any atom is 0.166 e. The first-order chi connectivity index (χ1) is 7.57. The van der Waals surface area contributed by atoms with Gasteiger partial charge in [0.2, 0.25) is 0 Å². The van der Waals surface area contributed by atoms with E-state index in [0.717, 1.165) is 29.9 Å². The van der Waals surface area contributed by atoms with Crippen molar-refractivity contribution in [1.29, 1.82) is 0 Å². The third-order valence-corrected chi connectivity index (χ3v) is 3.29. The topological polar surface area (TPSA) is 44.5 Å². The molecule has 0 aliphatic carbocycles. The Labute approximate surface area is 95.5 Å². The molecule has 0 saturated carbocycles. The van der Waals surface area contributed by atoms with Crippen LogP contribution in [0.3, 0.4) is 0 Å². The predicted molar refractivity (Wildman–Crippen MR) is 61.9 cm³/mol. The normalized spacial score (nSPS) is 25.3. The minimum absolute atomic E-state index is 0.0846. The average molecular weight is 219 g/mol. The van der Waals surface area contributed by atoms with E-state index in [4.69, 9.17) is 15.2 Å². The van der Waals surface area contributed by atoms with Crippen LogP contribution in [0.15, 0.2) is 12.1 Å². The van der Waals surface area contributed by atoms with Gasteiger partial charge in [0.1, 0.15) is 5.60 Å². The van der Waals surface area contributed by atoms with Gasteiger partial charge in [-0.1, -0.05) is 12.1 Å². The van der Waals surface area contributed by atoms with Crippen LogP contribution in [0, 0.1) is 0 Å². The van der Waals surface area contributed by atoms with Gasteiger partial charge in [0.05, 0.1) is 6.61 Å². The van der Waals surface area contributed by atoms with Crippen LogP contribution in [0.2, 0.25) is 0 Å². The third-order valence-electron chi connectivity index (χ3n) is 3.29. The Bertz CT molecular complexity index is 440. The minimum Gasteiger partial charge on any atom is -0.489 e. The standard InChI is InChI=1S/C13H17NO2/c1-13(2)7-8-3-4-9-10(14)5-6-15-12(9)11(8)16-13/h3-4,10H,5-7,14H2,1-2H3/t10-/m1/s1. The molecule has 0 bridgehead atoms. The molecule has 2 aliphatic rings. The molecule has 3 rings (SSSR count). The highest BCUT2D eigenvalue weighted by Gasteiger charge is 2.35. The molecule has 2 heterocycles. The quantitative estimate of drug-likeness (QED) is 0.727. The number of nitrogens with two attached hydrogens (primary N) is 1. The molecule has 0 radical (unpaired) electrons. The number of ether oxygens (including phenoxy) is 2. The van der Waals surface area contributed by atoms with E-state index in [1.54, 1.807) is 0 Å². The maximum absolute atomic E-state index is 6.07. The van der Waals surface area contributed by atoms with Crippen molar-refractivity contribution in [3.63, 3.8) is 0 Å². The zero-order valence-corrected chi connectivity index (χ0v) is 9.75. The van der Waals surface area contributed by atoms with E-state index in [-0.39, 0.29) is 11.6 Å². The number of fused-ring (bicyclic) bond motifs is 3. The number of benzene rings is 1. The lowest BCUT2D eigenvalue weighted by Crippen LogP contribution is -2.25. The summed E-state index contributed by atoms with van der Waals surface area (Å²) < 4.78 is 11.7. The number of hydrogen-bond donors (Lipinski definition) is 1. The van der Waals surface area contributed by atoms with Crippen LogP contribution in [0.25, 0.3) is 0 Å². The molecule has 0 aromatic heterocycles. The molecule has 3 nitrogen and oxygen atoms in total. The highest BCUT2D eigenvalue weighted by molar-refractivity contribution is 5.56. The first kappa shape index (κ1) is 9.97. The highest BCUT2D eigenvalue weighted by Crippen LogP contribution is 2.47. The van der Waals surface area contributed by atoms with Crippen molar-refractivity contribution in [2.75, 3.05) is 6.61 Å². The second-order valence-electron chi connectivity index (χ2n) is 5.25. The van der Waals surface area contributed by atoms with Crippen LogP contribution in [0.5, 0.6) is 11.5 Å². The summed E-state index contributed by atoms with van der Waals surface area (Å²) in [6, 6.07) is 4.29. The lowest BCUT2D eigenvalue weighted by molar-refractivity contribution is 0.130. The van der Waals surface area contributed by atoms with Crippen LogP contribution in [-0.2, 0) is 6.42 Å². The third kappa shape index (κ3) is 1.39. The molecule has 0 spiro atoms. The largest absolute Gasteiger partial charge is 0.489 e. The first-order valence-electron chi connectivity index (χ1n) is 5.80. The molecular formula is C13H17NO2. The Hall–Kier alpha value is -1.22. The molecule has 16 heavy (non-hydrogen) atoms. The van der Waals surface area contributed by atoms with E-state index in [1.807, 2.05) is 0 Å². The smallest absolute Gasteiger partial charge is 0.166 e. The van der Waals surface area contributed by atoms with Crippen molar-refractivity contribution in [2.45, 2.75) is 38.3 Å². The molecule has 0 amide bonds. The monoisotopic (exact) mass is 219 g/mol. The van der Waals surface area contributed by atoms with Crippen molar-refractivity contribution in [2.24, 2.45) is 5.73 Å². The molecule has 3 heteroatoms.